The largest absolute Gasteiger partial charge is 0.497 e. The predicted octanol–water partition coefficient (Wildman–Crippen LogP) is 4.84. The van der Waals surface area contributed by atoms with Crippen molar-refractivity contribution in [2.75, 3.05) is 7.11 Å². The monoisotopic (exact) mass is 392 g/mol. The molecule has 2 heterocycles. The fraction of sp³-hybridized carbons (Fsp3) is 0.190. The lowest BCUT2D eigenvalue weighted by atomic mass is 10.2. The van der Waals surface area contributed by atoms with Crippen molar-refractivity contribution in [2.24, 2.45) is 0 Å². The second-order valence-corrected chi connectivity index (χ2v) is 7.37. The summed E-state index contributed by atoms with van der Waals surface area (Å²) >= 11 is 1.58. The van der Waals surface area contributed by atoms with E-state index < -0.39 is 0 Å². The highest BCUT2D eigenvalue weighted by Crippen LogP contribution is 2.30. The fourth-order valence-corrected chi connectivity index (χ4v) is 3.67. The molecule has 0 aliphatic rings. The molecule has 7 heteroatoms. The van der Waals surface area contributed by atoms with Crippen molar-refractivity contribution in [1.82, 2.24) is 19.9 Å². The molecule has 28 heavy (non-hydrogen) atoms. The molecule has 0 spiro atoms. The number of hydrogen-bond acceptors (Lipinski definition) is 6. The molecule has 0 saturated carbocycles. The van der Waals surface area contributed by atoms with E-state index in [0.29, 0.717) is 5.75 Å². The fourth-order valence-electron chi connectivity index (χ4n) is 2.84. The highest BCUT2D eigenvalue weighted by atomic mass is 32.2. The van der Waals surface area contributed by atoms with Crippen molar-refractivity contribution in [1.29, 1.82) is 0 Å². The molecule has 4 aromatic rings. The number of aromatic nitrogens is 4. The van der Waals surface area contributed by atoms with Gasteiger partial charge in [-0.3, -0.25) is 4.57 Å². The number of methoxy groups -OCH3 is 1. The van der Waals surface area contributed by atoms with Crippen LogP contribution in [0.2, 0.25) is 0 Å². The number of hydrogen-bond donors (Lipinski definition) is 0. The lowest BCUT2D eigenvalue weighted by Crippen LogP contribution is -2.00. The highest BCUT2D eigenvalue weighted by Gasteiger charge is 2.17. The summed E-state index contributed by atoms with van der Waals surface area (Å²) in [6, 6.07) is 18.1. The van der Waals surface area contributed by atoms with Crippen LogP contribution < -0.4 is 4.74 Å². The van der Waals surface area contributed by atoms with E-state index in [0.717, 1.165) is 39.4 Å². The molecule has 0 saturated heterocycles. The second-order valence-electron chi connectivity index (χ2n) is 6.42. The first-order chi connectivity index (χ1) is 13.6. The molecule has 0 aliphatic heterocycles. The van der Waals surface area contributed by atoms with Gasteiger partial charge in [0.2, 0.25) is 0 Å². The van der Waals surface area contributed by atoms with Crippen molar-refractivity contribution < 1.29 is 9.26 Å². The van der Waals surface area contributed by atoms with Gasteiger partial charge in [-0.05, 0) is 50.2 Å². The number of nitrogens with zero attached hydrogens (tertiary/aromatic N) is 4. The summed E-state index contributed by atoms with van der Waals surface area (Å²) in [5.74, 6) is 3.05. The van der Waals surface area contributed by atoms with Gasteiger partial charge in [0.1, 0.15) is 11.5 Å². The first kappa shape index (κ1) is 18.3. The third-order valence-corrected chi connectivity index (χ3v) is 5.26. The first-order valence-corrected chi connectivity index (χ1v) is 9.84. The zero-order valence-corrected chi connectivity index (χ0v) is 16.7. The van der Waals surface area contributed by atoms with Gasteiger partial charge in [0.25, 0.3) is 0 Å². The Bertz CT molecular complexity index is 1070. The van der Waals surface area contributed by atoms with Crippen molar-refractivity contribution in [3.8, 4) is 22.8 Å². The van der Waals surface area contributed by atoms with E-state index in [9.17, 15) is 0 Å². The smallest absolute Gasteiger partial charge is 0.196 e. The normalized spacial score (nSPS) is 11.0. The topological polar surface area (TPSA) is 66.0 Å². The summed E-state index contributed by atoms with van der Waals surface area (Å²) in [5, 5.41) is 13.8. The van der Waals surface area contributed by atoms with Crippen LogP contribution in [-0.4, -0.2) is 27.0 Å². The van der Waals surface area contributed by atoms with Gasteiger partial charge >= 0.3 is 0 Å². The highest BCUT2D eigenvalue weighted by molar-refractivity contribution is 7.98. The van der Waals surface area contributed by atoms with Crippen molar-refractivity contribution in [2.45, 2.75) is 24.8 Å². The Morgan fingerprint density at radius 3 is 2.39 bits per heavy atom. The third kappa shape index (κ3) is 3.80. The number of aryl methyl sites for hydroxylation is 2. The molecule has 142 valence electrons. The third-order valence-electron chi connectivity index (χ3n) is 4.30. The number of thioether (sulfide) groups is 1. The molecule has 0 radical (unpaired) electrons. The Balaban J connectivity index is 1.72. The van der Waals surface area contributed by atoms with Crippen LogP contribution in [0.1, 0.15) is 17.0 Å². The lowest BCUT2D eigenvalue weighted by molar-refractivity contribution is 0.393. The van der Waals surface area contributed by atoms with Crippen molar-refractivity contribution in [3.63, 3.8) is 0 Å². The van der Waals surface area contributed by atoms with Crippen LogP contribution in [-0.2, 0) is 5.75 Å². The first-order valence-electron chi connectivity index (χ1n) is 8.86. The van der Waals surface area contributed by atoms with Gasteiger partial charge in [0, 0.05) is 23.1 Å². The maximum Gasteiger partial charge on any atom is 0.196 e. The van der Waals surface area contributed by atoms with Crippen LogP contribution in [0.4, 0.5) is 0 Å². The molecular formula is C21H20N4O2S. The minimum Gasteiger partial charge on any atom is -0.497 e. The maximum atomic E-state index is 5.27. The molecule has 0 amide bonds. The number of benzene rings is 2. The van der Waals surface area contributed by atoms with E-state index in [-0.39, 0.29) is 0 Å². The zero-order chi connectivity index (χ0) is 19.5. The second kappa shape index (κ2) is 7.90. The van der Waals surface area contributed by atoms with Gasteiger partial charge in [-0.1, -0.05) is 34.6 Å². The van der Waals surface area contributed by atoms with Crippen LogP contribution in [0.25, 0.3) is 17.1 Å². The number of rotatable bonds is 6. The molecule has 4 rings (SSSR count). The van der Waals surface area contributed by atoms with E-state index >= 15 is 0 Å². The van der Waals surface area contributed by atoms with E-state index in [4.69, 9.17) is 9.26 Å². The van der Waals surface area contributed by atoms with Gasteiger partial charge in [-0.15, -0.1) is 10.2 Å². The molecule has 0 unspecified atom stereocenters. The Kier molecular flexibility index (Phi) is 5.16. The standard InChI is InChI=1S/C21H20N4O2S/c1-14-4-8-18(9-5-14)25-20(16-6-10-19(26-3)11-7-16)22-23-21(25)28-13-17-12-15(2)27-24-17/h4-12H,13H2,1-3H3. The van der Waals surface area contributed by atoms with E-state index in [1.165, 1.54) is 5.56 Å². The van der Waals surface area contributed by atoms with E-state index in [2.05, 4.69) is 51.1 Å². The molecule has 0 N–H and O–H groups in total. The minimum atomic E-state index is 0.657. The Morgan fingerprint density at radius 1 is 1.00 bits per heavy atom. The van der Waals surface area contributed by atoms with Crippen LogP contribution in [0.3, 0.4) is 0 Å². The molecule has 0 fully saturated rings. The Labute approximate surface area is 167 Å². The molecular weight excluding hydrogens is 372 g/mol. The average molecular weight is 392 g/mol. The van der Waals surface area contributed by atoms with Gasteiger partial charge in [0.05, 0.1) is 12.8 Å². The molecule has 0 aliphatic carbocycles. The van der Waals surface area contributed by atoms with Crippen LogP contribution in [0.15, 0.2) is 64.3 Å². The van der Waals surface area contributed by atoms with Crippen molar-refractivity contribution in [3.05, 3.63) is 71.6 Å². The Morgan fingerprint density at radius 2 is 1.75 bits per heavy atom. The summed E-state index contributed by atoms with van der Waals surface area (Å²) in [6.45, 7) is 3.96. The van der Waals surface area contributed by atoms with Gasteiger partial charge in [-0.25, -0.2) is 0 Å². The summed E-state index contributed by atoms with van der Waals surface area (Å²) in [6.07, 6.45) is 0. The molecule has 2 aromatic carbocycles. The van der Waals surface area contributed by atoms with Crippen LogP contribution in [0, 0.1) is 13.8 Å². The predicted molar refractivity (Wildman–Crippen MR) is 109 cm³/mol. The summed E-state index contributed by atoms with van der Waals surface area (Å²) in [7, 11) is 1.66. The van der Waals surface area contributed by atoms with Gasteiger partial charge in [0.15, 0.2) is 11.0 Å². The summed E-state index contributed by atoms with van der Waals surface area (Å²) in [4.78, 5) is 0. The molecule has 6 nitrogen and oxygen atoms in total. The minimum absolute atomic E-state index is 0.657. The number of ether oxygens (including phenoxy) is 1. The van der Waals surface area contributed by atoms with Crippen LogP contribution in [0.5, 0.6) is 5.75 Å². The zero-order valence-electron chi connectivity index (χ0n) is 15.9. The molecule has 0 bridgehead atoms. The lowest BCUT2D eigenvalue weighted by Gasteiger charge is -2.11. The van der Waals surface area contributed by atoms with Gasteiger partial charge < -0.3 is 9.26 Å². The average Bonchev–Trinajstić information content (AvgIpc) is 3.33. The van der Waals surface area contributed by atoms with E-state index in [1.807, 2.05) is 37.3 Å². The maximum absolute atomic E-state index is 5.27. The van der Waals surface area contributed by atoms with Crippen LogP contribution >= 0.6 is 11.8 Å². The summed E-state index contributed by atoms with van der Waals surface area (Å²) < 4.78 is 12.5. The van der Waals surface area contributed by atoms with E-state index in [1.54, 1.807) is 18.9 Å². The molecule has 0 atom stereocenters. The molecule has 2 aromatic heterocycles. The SMILES string of the molecule is COc1ccc(-c2nnc(SCc3cc(C)on3)n2-c2ccc(C)cc2)cc1. The Hall–Kier alpha value is -3.06. The summed E-state index contributed by atoms with van der Waals surface area (Å²) in [5.41, 5.74) is 4.07. The quantitative estimate of drug-likeness (QED) is 0.438. The van der Waals surface area contributed by atoms with Crippen molar-refractivity contribution >= 4 is 11.8 Å². The van der Waals surface area contributed by atoms with Gasteiger partial charge in [-0.2, -0.15) is 0 Å².